The number of aliphatic carboxylic acids is 1. The Morgan fingerprint density at radius 3 is 2.30 bits per heavy atom. The first-order chi connectivity index (χ1) is 14.0. The second-order valence-corrected chi connectivity index (χ2v) is 8.10. The molecule has 1 unspecified atom stereocenters. The Kier molecular flexibility index (Phi) is 10.6. The molecule has 0 bridgehead atoms. The molecule has 1 amide bonds. The van der Waals surface area contributed by atoms with Crippen LogP contribution in [0.1, 0.15) is 46.3 Å². The van der Waals surface area contributed by atoms with Crippen LogP contribution in [0.15, 0.2) is 10.6 Å². The maximum atomic E-state index is 11.8. The van der Waals surface area contributed by atoms with Crippen LogP contribution in [-0.2, 0) is 19.0 Å². The number of hydrogen-bond donors (Lipinski definition) is 1. The normalized spacial score (nSPS) is 12.6. The summed E-state index contributed by atoms with van der Waals surface area (Å²) in [5.74, 6) is -1.37. The van der Waals surface area contributed by atoms with Gasteiger partial charge in [0.1, 0.15) is 18.1 Å². The molecule has 0 fully saturated rings. The number of hydrogen-bond acceptors (Lipinski definition) is 8. The molecule has 1 aromatic rings. The van der Waals surface area contributed by atoms with Crippen LogP contribution >= 0.6 is 0 Å². The number of carboxylic acid groups (broad SMARTS) is 1. The lowest BCUT2D eigenvalue weighted by Gasteiger charge is -2.24. The molecule has 0 saturated carbocycles. The highest BCUT2D eigenvalue weighted by Gasteiger charge is 2.28. The average molecular weight is 430 g/mol. The van der Waals surface area contributed by atoms with E-state index in [2.05, 4.69) is 5.16 Å². The number of aromatic nitrogens is 1. The minimum atomic E-state index is -0.965. The molecule has 1 N–H and O–H groups in total. The first-order valence-corrected chi connectivity index (χ1v) is 9.93. The Labute approximate surface area is 177 Å². The van der Waals surface area contributed by atoms with E-state index in [0.29, 0.717) is 33.0 Å². The Morgan fingerprint density at radius 1 is 1.13 bits per heavy atom. The molecule has 1 atom stereocenters. The molecule has 1 heterocycles. The third-order valence-corrected chi connectivity index (χ3v) is 3.87. The van der Waals surface area contributed by atoms with Gasteiger partial charge in [0.05, 0.1) is 26.4 Å². The predicted octanol–water partition coefficient (Wildman–Crippen LogP) is 2.78. The van der Waals surface area contributed by atoms with E-state index in [0.717, 1.165) is 0 Å². The van der Waals surface area contributed by atoms with Crippen LogP contribution in [0.5, 0.6) is 5.88 Å². The van der Waals surface area contributed by atoms with Gasteiger partial charge in [0.25, 0.3) is 5.88 Å². The Balaban J connectivity index is 2.12. The van der Waals surface area contributed by atoms with Crippen LogP contribution in [0.2, 0.25) is 0 Å². The van der Waals surface area contributed by atoms with Crippen molar-refractivity contribution < 1.29 is 38.2 Å². The van der Waals surface area contributed by atoms with Gasteiger partial charge < -0.3 is 33.5 Å². The quantitative estimate of drug-likeness (QED) is 0.471. The zero-order valence-corrected chi connectivity index (χ0v) is 18.7. The lowest BCUT2D eigenvalue weighted by Crippen LogP contribution is -2.36. The van der Waals surface area contributed by atoms with Gasteiger partial charge in [-0.1, -0.05) is 13.8 Å². The van der Waals surface area contributed by atoms with E-state index < -0.39 is 23.6 Å². The molecule has 1 aromatic heterocycles. The van der Waals surface area contributed by atoms with Crippen LogP contribution in [0, 0.1) is 5.92 Å². The molecule has 1 rings (SSSR count). The van der Waals surface area contributed by atoms with E-state index in [4.69, 9.17) is 23.5 Å². The van der Waals surface area contributed by atoms with Gasteiger partial charge in [-0.15, -0.1) is 0 Å². The number of rotatable bonds is 13. The molecule has 10 nitrogen and oxygen atoms in total. The Hall–Kier alpha value is -2.33. The van der Waals surface area contributed by atoms with E-state index >= 15 is 0 Å². The highest BCUT2D eigenvalue weighted by atomic mass is 16.6. The van der Waals surface area contributed by atoms with Gasteiger partial charge in [-0.2, -0.15) is 0 Å². The molecule has 0 aliphatic carbocycles. The average Bonchev–Trinajstić information content (AvgIpc) is 3.06. The monoisotopic (exact) mass is 430 g/mol. The number of carboxylic acids is 1. The van der Waals surface area contributed by atoms with Crippen LogP contribution < -0.4 is 4.74 Å². The fourth-order valence-corrected chi connectivity index (χ4v) is 2.38. The van der Waals surface area contributed by atoms with E-state index in [1.807, 2.05) is 20.8 Å². The lowest BCUT2D eigenvalue weighted by atomic mass is 9.94. The smallest absolute Gasteiger partial charge is 0.410 e. The summed E-state index contributed by atoms with van der Waals surface area (Å²) < 4.78 is 26.6. The summed E-state index contributed by atoms with van der Waals surface area (Å²) in [6, 6.07) is 1.49. The van der Waals surface area contributed by atoms with Crippen molar-refractivity contribution in [1.29, 1.82) is 0 Å². The third kappa shape index (κ3) is 9.93. The standard InChI is InChI=1S/C20H34N2O8/c1-14(2)17(18(23)24)15-13-16(21-30-15)28-12-11-27-10-9-26-8-7-22(6)19(25)29-20(3,4)5/h13-14,17H,7-12H2,1-6H3,(H,23,24). The summed E-state index contributed by atoms with van der Waals surface area (Å²) in [6.45, 7) is 11.1. The van der Waals surface area contributed by atoms with Gasteiger partial charge in [-0.25, -0.2) is 4.79 Å². The molecule has 0 aromatic carbocycles. The molecule has 0 saturated heterocycles. The number of ether oxygens (including phenoxy) is 4. The summed E-state index contributed by atoms with van der Waals surface area (Å²) in [6.07, 6.45) is -0.390. The Bertz CT molecular complexity index is 653. The van der Waals surface area contributed by atoms with Crippen molar-refractivity contribution in [3.63, 3.8) is 0 Å². The zero-order valence-electron chi connectivity index (χ0n) is 18.7. The number of carbonyl (C=O) groups excluding carboxylic acids is 1. The van der Waals surface area contributed by atoms with Gasteiger partial charge in [0, 0.05) is 19.7 Å². The molecule has 0 radical (unpaired) electrons. The first kappa shape index (κ1) is 25.7. The van der Waals surface area contributed by atoms with Crippen molar-refractivity contribution in [2.75, 3.05) is 46.6 Å². The van der Waals surface area contributed by atoms with Gasteiger partial charge in [-0.05, 0) is 31.8 Å². The summed E-state index contributed by atoms with van der Waals surface area (Å²) >= 11 is 0. The summed E-state index contributed by atoms with van der Waals surface area (Å²) in [7, 11) is 1.65. The van der Waals surface area contributed by atoms with Gasteiger partial charge in [0.2, 0.25) is 0 Å². The first-order valence-electron chi connectivity index (χ1n) is 9.93. The minimum absolute atomic E-state index is 0.129. The van der Waals surface area contributed by atoms with Crippen molar-refractivity contribution in [3.05, 3.63) is 11.8 Å². The highest BCUT2D eigenvalue weighted by Crippen LogP contribution is 2.27. The van der Waals surface area contributed by atoms with Crippen LogP contribution in [0.25, 0.3) is 0 Å². The van der Waals surface area contributed by atoms with E-state index in [9.17, 15) is 14.7 Å². The molecule has 0 spiro atoms. The molecule has 30 heavy (non-hydrogen) atoms. The number of likely N-dealkylation sites (N-methyl/N-ethyl adjacent to an activating group) is 1. The summed E-state index contributed by atoms with van der Waals surface area (Å²) in [5.41, 5.74) is -0.526. The molecular formula is C20H34N2O8. The van der Waals surface area contributed by atoms with E-state index in [1.54, 1.807) is 20.9 Å². The minimum Gasteiger partial charge on any atom is -0.481 e. The second kappa shape index (κ2) is 12.4. The SMILES string of the molecule is CC(C)C(C(=O)O)c1cc(OCCOCCOCCN(C)C(=O)OC(C)(C)C)no1. The summed E-state index contributed by atoms with van der Waals surface area (Å²) in [5, 5.41) is 13.0. The molecule has 172 valence electrons. The van der Waals surface area contributed by atoms with Gasteiger partial charge >= 0.3 is 12.1 Å². The van der Waals surface area contributed by atoms with Crippen molar-refractivity contribution in [2.45, 2.75) is 46.1 Å². The van der Waals surface area contributed by atoms with Crippen molar-refractivity contribution in [1.82, 2.24) is 10.1 Å². The van der Waals surface area contributed by atoms with Crippen LogP contribution in [0.3, 0.4) is 0 Å². The summed E-state index contributed by atoms with van der Waals surface area (Å²) in [4.78, 5) is 24.5. The maximum absolute atomic E-state index is 11.8. The maximum Gasteiger partial charge on any atom is 0.410 e. The number of nitrogens with zero attached hydrogens (tertiary/aromatic N) is 2. The number of carbonyl (C=O) groups is 2. The lowest BCUT2D eigenvalue weighted by molar-refractivity contribution is -0.140. The van der Waals surface area contributed by atoms with Gasteiger partial charge in [0.15, 0.2) is 5.76 Å². The van der Waals surface area contributed by atoms with Crippen molar-refractivity contribution in [3.8, 4) is 5.88 Å². The predicted molar refractivity (Wildman–Crippen MR) is 108 cm³/mol. The van der Waals surface area contributed by atoms with Crippen LogP contribution in [0.4, 0.5) is 4.79 Å². The van der Waals surface area contributed by atoms with Crippen LogP contribution in [-0.4, -0.2) is 79.5 Å². The third-order valence-electron chi connectivity index (χ3n) is 3.87. The molecule has 10 heteroatoms. The van der Waals surface area contributed by atoms with E-state index in [1.165, 1.54) is 11.0 Å². The van der Waals surface area contributed by atoms with Crippen molar-refractivity contribution in [2.24, 2.45) is 5.92 Å². The second-order valence-electron chi connectivity index (χ2n) is 8.10. The van der Waals surface area contributed by atoms with Crippen molar-refractivity contribution >= 4 is 12.1 Å². The molecule has 0 aliphatic heterocycles. The van der Waals surface area contributed by atoms with E-state index in [-0.39, 0.29) is 24.2 Å². The highest BCUT2D eigenvalue weighted by molar-refractivity contribution is 5.75. The fourth-order valence-electron chi connectivity index (χ4n) is 2.38. The molecular weight excluding hydrogens is 396 g/mol. The van der Waals surface area contributed by atoms with Gasteiger partial charge in [-0.3, -0.25) is 4.79 Å². The fraction of sp³-hybridized carbons (Fsp3) is 0.750. The topological polar surface area (TPSA) is 121 Å². The largest absolute Gasteiger partial charge is 0.481 e. The Morgan fingerprint density at radius 2 is 1.73 bits per heavy atom. The number of amides is 1. The zero-order chi connectivity index (χ0) is 22.7. The molecule has 0 aliphatic rings.